The van der Waals surface area contributed by atoms with E-state index in [0.717, 1.165) is 19.3 Å². The molecule has 0 amide bonds. The van der Waals surface area contributed by atoms with Crippen LogP contribution in [0.25, 0.3) is 0 Å². The Hall–Kier alpha value is -0.135. The molecule has 2 heteroatoms. The number of halogens is 1. The summed E-state index contributed by atoms with van der Waals surface area (Å²) in [6.07, 6.45) is 4.58. The van der Waals surface area contributed by atoms with Crippen molar-refractivity contribution in [1.29, 1.82) is 0 Å². The number of alkyl halides is 1. The minimum absolute atomic E-state index is 0.141. The van der Waals surface area contributed by atoms with Crippen LogP contribution >= 0.6 is 0 Å². The third kappa shape index (κ3) is 1.93. The quantitative estimate of drug-likeness (QED) is 0.387. The van der Waals surface area contributed by atoms with E-state index in [1.165, 1.54) is 12.8 Å². The van der Waals surface area contributed by atoms with Crippen molar-refractivity contribution >= 4 is 13.4 Å². The van der Waals surface area contributed by atoms with Crippen LogP contribution in [-0.4, -0.2) is 19.6 Å². The van der Waals surface area contributed by atoms with Gasteiger partial charge in [0, 0.05) is 0 Å². The van der Waals surface area contributed by atoms with E-state index in [4.69, 9.17) is 0 Å². The van der Waals surface area contributed by atoms with E-state index in [2.05, 4.69) is 6.47 Å². The number of hydrogen-bond acceptors (Lipinski definition) is 0. The fourth-order valence-corrected chi connectivity index (χ4v) is 1.56. The maximum atomic E-state index is 13.0. The summed E-state index contributed by atoms with van der Waals surface area (Å²) in [5.74, 6) is 0.141. The van der Waals surface area contributed by atoms with Crippen molar-refractivity contribution in [2.75, 3.05) is 0 Å². The molecule has 0 nitrogen and oxygen atoms in total. The van der Waals surface area contributed by atoms with E-state index in [9.17, 15) is 4.39 Å². The SMILES string of the molecule is C=BC1CCCCCC1F. The Labute approximate surface area is 62.7 Å². The zero-order chi connectivity index (χ0) is 7.40. The maximum absolute atomic E-state index is 13.0. The Balaban J connectivity index is 2.43. The molecule has 0 N–H and O–H groups in total. The first-order chi connectivity index (χ1) is 4.84. The van der Waals surface area contributed by atoms with Gasteiger partial charge in [-0.25, -0.2) is 0 Å². The van der Waals surface area contributed by atoms with Crippen molar-refractivity contribution in [2.24, 2.45) is 0 Å². The molecule has 0 aliphatic heterocycles. The molecule has 1 fully saturated rings. The van der Waals surface area contributed by atoms with Gasteiger partial charge in [0.1, 0.15) is 0 Å². The van der Waals surface area contributed by atoms with Gasteiger partial charge in [-0.1, -0.05) is 0 Å². The van der Waals surface area contributed by atoms with Crippen LogP contribution in [0.5, 0.6) is 0 Å². The average molecular weight is 140 g/mol. The molecule has 0 bridgehead atoms. The van der Waals surface area contributed by atoms with Gasteiger partial charge in [0.25, 0.3) is 0 Å². The minimum atomic E-state index is -0.611. The molecule has 0 spiro atoms. The fourth-order valence-electron chi connectivity index (χ4n) is 1.56. The summed E-state index contributed by atoms with van der Waals surface area (Å²) in [5, 5.41) is 0. The van der Waals surface area contributed by atoms with Crippen LogP contribution in [0.4, 0.5) is 4.39 Å². The molecule has 2 atom stereocenters. The van der Waals surface area contributed by atoms with Gasteiger partial charge in [0.15, 0.2) is 0 Å². The van der Waals surface area contributed by atoms with Gasteiger partial charge < -0.3 is 0 Å². The molecule has 0 saturated heterocycles. The first kappa shape index (κ1) is 7.97. The van der Waals surface area contributed by atoms with Crippen molar-refractivity contribution in [2.45, 2.75) is 44.1 Å². The summed E-state index contributed by atoms with van der Waals surface area (Å²) in [5.41, 5.74) is 0. The zero-order valence-corrected chi connectivity index (χ0v) is 6.35. The van der Waals surface area contributed by atoms with E-state index in [-0.39, 0.29) is 5.82 Å². The molecule has 1 aliphatic carbocycles. The van der Waals surface area contributed by atoms with Gasteiger partial charge in [-0.2, -0.15) is 0 Å². The molecule has 10 heavy (non-hydrogen) atoms. The van der Waals surface area contributed by atoms with Crippen LogP contribution in [0.2, 0.25) is 5.82 Å². The molecule has 0 radical (unpaired) electrons. The predicted octanol–water partition coefficient (Wildman–Crippen LogP) is 2.21. The Morgan fingerprint density at radius 1 is 1.20 bits per heavy atom. The topological polar surface area (TPSA) is 0 Å². The zero-order valence-electron chi connectivity index (χ0n) is 6.35. The van der Waals surface area contributed by atoms with Gasteiger partial charge in [0.2, 0.25) is 0 Å². The van der Waals surface area contributed by atoms with Gasteiger partial charge >= 0.3 is 61.9 Å². The average Bonchev–Trinajstić information content (AvgIpc) is 2.13. The summed E-state index contributed by atoms with van der Waals surface area (Å²) in [6.45, 7) is 5.41. The molecule has 0 aromatic carbocycles. The van der Waals surface area contributed by atoms with Gasteiger partial charge in [0.05, 0.1) is 0 Å². The Morgan fingerprint density at radius 2 is 1.90 bits per heavy atom. The summed E-state index contributed by atoms with van der Waals surface area (Å²) in [4.78, 5) is 0. The third-order valence-electron chi connectivity index (χ3n) is 2.28. The van der Waals surface area contributed by atoms with Crippen molar-refractivity contribution in [3.8, 4) is 0 Å². The number of rotatable bonds is 1. The standard InChI is InChI=1S/C8H14BF/c1-9-7-5-3-2-4-6-8(7)10/h7-8H,1-6H2. The second kappa shape index (κ2) is 3.90. The molecule has 2 unspecified atom stereocenters. The van der Waals surface area contributed by atoms with Crippen molar-refractivity contribution in [1.82, 2.24) is 0 Å². The van der Waals surface area contributed by atoms with Crippen LogP contribution in [0, 0.1) is 0 Å². The predicted molar refractivity (Wildman–Crippen MR) is 44.6 cm³/mol. The van der Waals surface area contributed by atoms with E-state index in [1.54, 1.807) is 6.92 Å². The van der Waals surface area contributed by atoms with Gasteiger partial charge in [-0.05, 0) is 0 Å². The van der Waals surface area contributed by atoms with Crippen molar-refractivity contribution in [3.05, 3.63) is 0 Å². The van der Waals surface area contributed by atoms with Crippen molar-refractivity contribution in [3.63, 3.8) is 0 Å². The second-order valence-corrected chi connectivity index (χ2v) is 3.05. The van der Waals surface area contributed by atoms with Crippen LogP contribution in [0.15, 0.2) is 0 Å². The first-order valence-corrected chi connectivity index (χ1v) is 4.11. The Kier molecular flexibility index (Phi) is 3.10. The van der Waals surface area contributed by atoms with E-state index in [0.29, 0.717) is 0 Å². The molecule has 0 aromatic rings. The van der Waals surface area contributed by atoms with Crippen LogP contribution < -0.4 is 0 Å². The Bertz CT molecular complexity index is 114. The number of hydrogen-bond donors (Lipinski definition) is 0. The Morgan fingerprint density at radius 3 is 2.60 bits per heavy atom. The summed E-state index contributed by atoms with van der Waals surface area (Å²) in [7, 11) is 0. The molecule has 0 aromatic heterocycles. The summed E-state index contributed by atoms with van der Waals surface area (Å²) < 4.78 is 13.0. The molecular formula is C8H14BF. The molecule has 1 aliphatic rings. The van der Waals surface area contributed by atoms with Crippen LogP contribution in [0.3, 0.4) is 0 Å². The third-order valence-corrected chi connectivity index (χ3v) is 2.28. The first-order valence-electron chi connectivity index (χ1n) is 4.11. The van der Waals surface area contributed by atoms with Crippen LogP contribution in [0.1, 0.15) is 32.1 Å². The fraction of sp³-hybridized carbons (Fsp3) is 0.875. The summed E-state index contributed by atoms with van der Waals surface area (Å²) >= 11 is 0. The van der Waals surface area contributed by atoms with Crippen molar-refractivity contribution < 1.29 is 4.39 Å². The molecule has 1 saturated carbocycles. The monoisotopic (exact) mass is 140 g/mol. The molecular weight excluding hydrogens is 126 g/mol. The molecule has 0 heterocycles. The summed E-state index contributed by atoms with van der Waals surface area (Å²) in [6, 6.07) is 0. The van der Waals surface area contributed by atoms with E-state index in [1.807, 2.05) is 0 Å². The normalized spacial score (nSPS) is 34.5. The van der Waals surface area contributed by atoms with Gasteiger partial charge in [-0.15, -0.1) is 0 Å². The second-order valence-electron chi connectivity index (χ2n) is 3.05. The van der Waals surface area contributed by atoms with E-state index >= 15 is 0 Å². The van der Waals surface area contributed by atoms with Crippen LogP contribution in [-0.2, 0) is 0 Å². The molecule has 56 valence electrons. The van der Waals surface area contributed by atoms with Gasteiger partial charge in [-0.3, -0.25) is 0 Å². The molecule has 1 rings (SSSR count). The van der Waals surface area contributed by atoms with E-state index < -0.39 is 6.17 Å².